The molecule has 0 fully saturated rings. The van der Waals surface area contributed by atoms with Crippen LogP contribution in [0.15, 0.2) is 24.4 Å². The van der Waals surface area contributed by atoms with Gasteiger partial charge in [-0.2, -0.15) is 0 Å². The van der Waals surface area contributed by atoms with Gasteiger partial charge >= 0.3 is 0 Å². The van der Waals surface area contributed by atoms with Crippen LogP contribution >= 0.6 is 0 Å². The number of hydrogen-bond acceptors (Lipinski definition) is 1. The molecule has 0 aliphatic rings. The van der Waals surface area contributed by atoms with Gasteiger partial charge in [0.05, 0.1) is 5.69 Å². The van der Waals surface area contributed by atoms with Gasteiger partial charge in [0.25, 0.3) is 0 Å². The van der Waals surface area contributed by atoms with E-state index in [1.165, 1.54) is 5.57 Å². The summed E-state index contributed by atoms with van der Waals surface area (Å²) in [5.74, 6) is 0.992. The summed E-state index contributed by atoms with van der Waals surface area (Å²) in [5.41, 5.74) is 2.22. The van der Waals surface area contributed by atoms with Gasteiger partial charge in [-0.1, -0.05) is 18.2 Å². The second kappa shape index (κ2) is 3.90. The van der Waals surface area contributed by atoms with E-state index in [1.54, 1.807) is 6.08 Å². The average Bonchev–Trinajstić information content (AvgIpc) is 2.48. The fourth-order valence-electron chi connectivity index (χ4n) is 0.888. The molecule has 12 heavy (non-hydrogen) atoms. The number of imidazole rings is 1. The Bertz CT molecular complexity index is 291. The molecule has 1 rings (SSSR count). The van der Waals surface area contributed by atoms with Crippen LogP contribution in [0, 0.1) is 0 Å². The third kappa shape index (κ3) is 2.38. The normalized spacial score (nSPS) is 9.50. The first-order chi connectivity index (χ1) is 5.72. The number of nitrogens with one attached hydrogen (secondary N) is 1. The van der Waals surface area contributed by atoms with Gasteiger partial charge in [-0.15, -0.1) is 0 Å². The summed E-state index contributed by atoms with van der Waals surface area (Å²) in [7, 11) is 0. The Morgan fingerprint density at radius 2 is 2.42 bits per heavy atom. The summed E-state index contributed by atoms with van der Waals surface area (Å²) in [6.45, 7) is 7.80. The van der Waals surface area contributed by atoms with Crippen molar-refractivity contribution in [1.82, 2.24) is 9.97 Å². The molecule has 0 atom stereocenters. The molecule has 2 heteroatoms. The minimum absolute atomic E-state index is 0.871. The number of allylic oxidation sites excluding steroid dienone is 2. The van der Waals surface area contributed by atoms with E-state index in [1.807, 2.05) is 6.20 Å². The first-order valence-electron chi connectivity index (χ1n) is 4.02. The lowest BCUT2D eigenvalue weighted by Gasteiger charge is -1.89. The number of H-pyrrole nitrogens is 1. The first-order valence-corrected chi connectivity index (χ1v) is 4.02. The predicted octanol–water partition coefficient (Wildman–Crippen LogP) is 2.56. The molecule has 1 heterocycles. The molecule has 2 nitrogen and oxygen atoms in total. The van der Waals surface area contributed by atoms with E-state index in [-0.39, 0.29) is 0 Å². The van der Waals surface area contributed by atoms with Crippen LogP contribution in [-0.4, -0.2) is 9.97 Å². The predicted molar refractivity (Wildman–Crippen MR) is 51.8 cm³/mol. The van der Waals surface area contributed by atoms with Gasteiger partial charge in [-0.3, -0.25) is 0 Å². The third-order valence-electron chi connectivity index (χ3n) is 1.56. The topological polar surface area (TPSA) is 28.7 Å². The van der Waals surface area contributed by atoms with Crippen LogP contribution in [0.1, 0.15) is 25.4 Å². The van der Waals surface area contributed by atoms with Gasteiger partial charge < -0.3 is 4.98 Å². The Hall–Kier alpha value is -1.31. The molecule has 1 aromatic rings. The van der Waals surface area contributed by atoms with Crippen LogP contribution in [0.4, 0.5) is 0 Å². The molecule has 1 N–H and O–H groups in total. The SMILES string of the molecule is C=Cc1c[nH]c(CC=C(C)C)n1. The maximum Gasteiger partial charge on any atom is 0.110 e. The Balaban J connectivity index is 2.64. The third-order valence-corrected chi connectivity index (χ3v) is 1.56. The zero-order valence-electron chi connectivity index (χ0n) is 7.59. The monoisotopic (exact) mass is 162 g/mol. The van der Waals surface area contributed by atoms with Gasteiger partial charge in [-0.05, 0) is 19.9 Å². The summed E-state index contributed by atoms with van der Waals surface area (Å²) >= 11 is 0. The summed E-state index contributed by atoms with van der Waals surface area (Å²) in [5, 5.41) is 0. The highest BCUT2D eigenvalue weighted by atomic mass is 14.9. The molecular weight excluding hydrogens is 148 g/mol. The molecule has 1 aromatic heterocycles. The van der Waals surface area contributed by atoms with Crippen molar-refractivity contribution in [3.63, 3.8) is 0 Å². The Morgan fingerprint density at radius 3 is 2.92 bits per heavy atom. The largest absolute Gasteiger partial charge is 0.348 e. The van der Waals surface area contributed by atoms with Crippen molar-refractivity contribution in [3.05, 3.63) is 35.9 Å². The Kier molecular flexibility index (Phi) is 2.86. The van der Waals surface area contributed by atoms with Crippen molar-refractivity contribution in [2.24, 2.45) is 0 Å². The smallest absolute Gasteiger partial charge is 0.110 e. The van der Waals surface area contributed by atoms with Crippen molar-refractivity contribution in [2.75, 3.05) is 0 Å². The van der Waals surface area contributed by atoms with Gasteiger partial charge in [0.2, 0.25) is 0 Å². The minimum Gasteiger partial charge on any atom is -0.348 e. The maximum absolute atomic E-state index is 4.28. The van der Waals surface area contributed by atoms with Crippen LogP contribution in [0.3, 0.4) is 0 Å². The average molecular weight is 162 g/mol. The van der Waals surface area contributed by atoms with E-state index in [4.69, 9.17) is 0 Å². The summed E-state index contributed by atoms with van der Waals surface area (Å²) < 4.78 is 0. The second-order valence-corrected chi connectivity index (χ2v) is 2.96. The first kappa shape index (κ1) is 8.78. The van der Waals surface area contributed by atoms with Gasteiger partial charge in [0, 0.05) is 12.6 Å². The number of rotatable bonds is 3. The zero-order valence-corrected chi connectivity index (χ0v) is 7.59. The summed E-state index contributed by atoms with van der Waals surface area (Å²) in [6.07, 6.45) is 6.62. The van der Waals surface area contributed by atoms with Crippen LogP contribution in [0.5, 0.6) is 0 Å². The van der Waals surface area contributed by atoms with E-state index < -0.39 is 0 Å². The molecule has 0 amide bonds. The van der Waals surface area contributed by atoms with Crippen molar-refractivity contribution < 1.29 is 0 Å². The molecule has 0 saturated carbocycles. The van der Waals surface area contributed by atoms with Crippen molar-refractivity contribution in [2.45, 2.75) is 20.3 Å². The van der Waals surface area contributed by atoms with E-state index in [9.17, 15) is 0 Å². The van der Waals surface area contributed by atoms with Crippen LogP contribution in [0.25, 0.3) is 6.08 Å². The molecule has 0 saturated heterocycles. The Labute approximate surface area is 73.0 Å². The lowest BCUT2D eigenvalue weighted by molar-refractivity contribution is 1.04. The quantitative estimate of drug-likeness (QED) is 0.680. The maximum atomic E-state index is 4.28. The number of aromatic nitrogens is 2. The van der Waals surface area contributed by atoms with Crippen LogP contribution in [0.2, 0.25) is 0 Å². The lowest BCUT2D eigenvalue weighted by Crippen LogP contribution is -1.84. The van der Waals surface area contributed by atoms with E-state index in [0.717, 1.165) is 17.9 Å². The van der Waals surface area contributed by atoms with E-state index in [2.05, 4.69) is 36.5 Å². The van der Waals surface area contributed by atoms with E-state index >= 15 is 0 Å². The number of hydrogen-bond donors (Lipinski definition) is 1. The highest BCUT2D eigenvalue weighted by molar-refractivity contribution is 5.40. The standard InChI is InChI=1S/C10H14N2/c1-4-9-7-11-10(12-9)6-5-8(2)3/h4-5,7H,1,6H2,2-3H3,(H,11,12). The van der Waals surface area contributed by atoms with E-state index in [0.29, 0.717) is 0 Å². The second-order valence-electron chi connectivity index (χ2n) is 2.96. The molecule has 0 aromatic carbocycles. The fraction of sp³-hybridized carbons (Fsp3) is 0.300. The molecule has 0 aliphatic carbocycles. The lowest BCUT2D eigenvalue weighted by atomic mass is 10.2. The van der Waals surface area contributed by atoms with Gasteiger partial charge in [0.1, 0.15) is 5.82 Å². The minimum atomic E-state index is 0.871. The molecule has 0 radical (unpaired) electrons. The number of nitrogens with zero attached hydrogens (tertiary/aromatic N) is 1. The Morgan fingerprint density at radius 1 is 1.67 bits per heavy atom. The summed E-state index contributed by atoms with van der Waals surface area (Å²) in [4.78, 5) is 7.37. The molecule has 64 valence electrons. The zero-order chi connectivity index (χ0) is 8.97. The number of aromatic amines is 1. The highest BCUT2D eigenvalue weighted by Crippen LogP contribution is 2.01. The fourth-order valence-corrected chi connectivity index (χ4v) is 0.888. The van der Waals surface area contributed by atoms with Gasteiger partial charge in [-0.25, -0.2) is 4.98 Å². The van der Waals surface area contributed by atoms with Crippen LogP contribution < -0.4 is 0 Å². The summed E-state index contributed by atoms with van der Waals surface area (Å²) in [6, 6.07) is 0. The molecule has 0 unspecified atom stereocenters. The molecule has 0 aliphatic heterocycles. The van der Waals surface area contributed by atoms with Crippen molar-refractivity contribution in [1.29, 1.82) is 0 Å². The van der Waals surface area contributed by atoms with Crippen molar-refractivity contribution in [3.8, 4) is 0 Å². The highest BCUT2D eigenvalue weighted by Gasteiger charge is 1.94. The van der Waals surface area contributed by atoms with Crippen molar-refractivity contribution >= 4 is 6.08 Å². The molecular formula is C10H14N2. The molecule has 0 bridgehead atoms. The van der Waals surface area contributed by atoms with Crippen LogP contribution in [-0.2, 0) is 6.42 Å². The molecule has 0 spiro atoms. The van der Waals surface area contributed by atoms with Gasteiger partial charge in [0.15, 0.2) is 0 Å².